The van der Waals surface area contributed by atoms with Crippen molar-refractivity contribution < 1.29 is 10.2 Å². The van der Waals surface area contributed by atoms with Gasteiger partial charge in [0.25, 0.3) is 0 Å². The Morgan fingerprint density at radius 1 is 1.10 bits per heavy atom. The van der Waals surface area contributed by atoms with Gasteiger partial charge in [0.1, 0.15) is 0 Å². The van der Waals surface area contributed by atoms with Gasteiger partial charge in [0.05, 0.1) is 12.2 Å². The van der Waals surface area contributed by atoms with Crippen LogP contribution in [0.2, 0.25) is 0 Å². The van der Waals surface area contributed by atoms with E-state index in [-0.39, 0.29) is 0 Å². The van der Waals surface area contributed by atoms with E-state index in [4.69, 9.17) is 0 Å². The Bertz CT molecular complexity index is 156. The average Bonchev–Trinajstić information content (AvgIpc) is 1.82. The molecule has 0 aromatic carbocycles. The highest BCUT2D eigenvalue weighted by Crippen LogP contribution is 2.25. The van der Waals surface area contributed by atoms with Crippen molar-refractivity contribution in [2.75, 3.05) is 0 Å². The van der Waals surface area contributed by atoms with Gasteiger partial charge in [0.2, 0.25) is 0 Å². The van der Waals surface area contributed by atoms with E-state index in [1.165, 1.54) is 0 Å². The summed E-state index contributed by atoms with van der Waals surface area (Å²) < 4.78 is 0. The van der Waals surface area contributed by atoms with Crippen LogP contribution in [0.25, 0.3) is 0 Å². The highest BCUT2D eigenvalue weighted by atomic mass is 16.3. The Hall–Kier alpha value is -0.600. The first-order valence-corrected chi connectivity index (χ1v) is 3.32. The SMILES string of the molecule is C=C1C[C@@H](O)C(=C)[C@H](O)C1. The first-order chi connectivity index (χ1) is 4.61. The molecule has 2 atom stereocenters. The van der Waals surface area contributed by atoms with Crippen LogP contribution in [0.1, 0.15) is 12.8 Å². The highest BCUT2D eigenvalue weighted by Gasteiger charge is 2.24. The third kappa shape index (κ3) is 1.28. The molecule has 0 unspecified atom stereocenters. The standard InChI is InChI=1S/C8H12O2/c1-5-3-7(9)6(2)8(10)4-5/h7-10H,1-4H2/t7-,8-/m1/s1. The summed E-state index contributed by atoms with van der Waals surface area (Å²) >= 11 is 0. The smallest absolute Gasteiger partial charge is 0.0809 e. The van der Waals surface area contributed by atoms with E-state index < -0.39 is 12.2 Å². The molecule has 56 valence electrons. The minimum atomic E-state index is -0.587. The van der Waals surface area contributed by atoms with Crippen LogP contribution in [-0.2, 0) is 0 Å². The number of rotatable bonds is 0. The van der Waals surface area contributed by atoms with Crippen LogP contribution in [0.3, 0.4) is 0 Å². The Morgan fingerprint density at radius 2 is 1.50 bits per heavy atom. The lowest BCUT2D eigenvalue weighted by atomic mass is 9.88. The second kappa shape index (κ2) is 2.56. The van der Waals surface area contributed by atoms with Gasteiger partial charge in [-0.25, -0.2) is 0 Å². The topological polar surface area (TPSA) is 40.5 Å². The van der Waals surface area contributed by atoms with Crippen molar-refractivity contribution >= 4 is 0 Å². The maximum atomic E-state index is 9.20. The summed E-state index contributed by atoms with van der Waals surface area (Å²) in [5.41, 5.74) is 1.42. The van der Waals surface area contributed by atoms with Crippen molar-refractivity contribution in [3.8, 4) is 0 Å². The number of aliphatic hydroxyl groups is 2. The summed E-state index contributed by atoms with van der Waals surface area (Å²) in [6.45, 7) is 7.26. The van der Waals surface area contributed by atoms with Gasteiger partial charge in [-0.3, -0.25) is 0 Å². The average molecular weight is 140 g/mol. The van der Waals surface area contributed by atoms with Crippen LogP contribution >= 0.6 is 0 Å². The fraction of sp³-hybridized carbons (Fsp3) is 0.500. The fourth-order valence-corrected chi connectivity index (χ4v) is 1.11. The number of hydrogen-bond donors (Lipinski definition) is 2. The maximum Gasteiger partial charge on any atom is 0.0809 e. The quantitative estimate of drug-likeness (QED) is 0.484. The molecule has 0 aliphatic heterocycles. The molecule has 0 radical (unpaired) electrons. The molecule has 2 N–H and O–H groups in total. The predicted octanol–water partition coefficient (Wildman–Crippen LogP) is 0.614. The van der Waals surface area contributed by atoms with Crippen molar-refractivity contribution in [2.24, 2.45) is 0 Å². The van der Waals surface area contributed by atoms with Gasteiger partial charge < -0.3 is 10.2 Å². The first kappa shape index (κ1) is 7.51. The molecule has 1 fully saturated rings. The highest BCUT2D eigenvalue weighted by molar-refractivity contribution is 5.20. The van der Waals surface area contributed by atoms with Crippen molar-refractivity contribution in [1.29, 1.82) is 0 Å². The minimum Gasteiger partial charge on any atom is -0.388 e. The molecule has 1 aliphatic rings. The lowest BCUT2D eigenvalue weighted by Gasteiger charge is -2.26. The van der Waals surface area contributed by atoms with Crippen molar-refractivity contribution in [1.82, 2.24) is 0 Å². The van der Waals surface area contributed by atoms with E-state index in [1.54, 1.807) is 0 Å². The summed E-state index contributed by atoms with van der Waals surface area (Å²) in [7, 11) is 0. The van der Waals surface area contributed by atoms with Crippen LogP contribution in [0.15, 0.2) is 24.3 Å². The zero-order valence-corrected chi connectivity index (χ0v) is 5.88. The van der Waals surface area contributed by atoms with Crippen LogP contribution in [-0.4, -0.2) is 22.4 Å². The van der Waals surface area contributed by atoms with E-state index in [1.807, 2.05) is 0 Å². The van der Waals surface area contributed by atoms with E-state index in [0.29, 0.717) is 18.4 Å². The first-order valence-electron chi connectivity index (χ1n) is 3.32. The van der Waals surface area contributed by atoms with Gasteiger partial charge in [0.15, 0.2) is 0 Å². The normalized spacial score (nSPS) is 34.6. The second-order valence-corrected chi connectivity index (χ2v) is 2.76. The van der Waals surface area contributed by atoms with Gasteiger partial charge in [-0.2, -0.15) is 0 Å². The molecule has 2 heteroatoms. The van der Waals surface area contributed by atoms with Gasteiger partial charge in [-0.1, -0.05) is 18.7 Å². The zero-order chi connectivity index (χ0) is 7.72. The van der Waals surface area contributed by atoms with Crippen molar-refractivity contribution in [3.63, 3.8) is 0 Å². The maximum absolute atomic E-state index is 9.20. The third-order valence-electron chi connectivity index (χ3n) is 1.82. The molecule has 0 aromatic heterocycles. The molecule has 10 heavy (non-hydrogen) atoms. The summed E-state index contributed by atoms with van der Waals surface area (Å²) in [6.07, 6.45) is -0.0706. The number of hydrogen-bond acceptors (Lipinski definition) is 2. The third-order valence-corrected chi connectivity index (χ3v) is 1.82. The van der Waals surface area contributed by atoms with Gasteiger partial charge in [0, 0.05) is 0 Å². The molecule has 0 saturated heterocycles. The monoisotopic (exact) mass is 140 g/mol. The Labute approximate surface area is 60.5 Å². The van der Waals surface area contributed by atoms with E-state index >= 15 is 0 Å². The van der Waals surface area contributed by atoms with Crippen LogP contribution < -0.4 is 0 Å². The lowest BCUT2D eigenvalue weighted by molar-refractivity contribution is 0.123. The molecule has 0 bridgehead atoms. The van der Waals surface area contributed by atoms with Gasteiger partial charge in [-0.15, -0.1) is 0 Å². The van der Waals surface area contributed by atoms with Crippen LogP contribution in [0.4, 0.5) is 0 Å². The van der Waals surface area contributed by atoms with Crippen LogP contribution in [0.5, 0.6) is 0 Å². The summed E-state index contributed by atoms with van der Waals surface area (Å²) in [6, 6.07) is 0. The van der Waals surface area contributed by atoms with Crippen molar-refractivity contribution in [2.45, 2.75) is 25.0 Å². The molecule has 1 aliphatic carbocycles. The minimum absolute atomic E-state index is 0.521. The molecular formula is C8H12O2. The zero-order valence-electron chi connectivity index (χ0n) is 5.88. The summed E-state index contributed by atoms with van der Waals surface area (Å²) in [4.78, 5) is 0. The largest absolute Gasteiger partial charge is 0.388 e. The Balaban J connectivity index is 2.66. The molecule has 0 aromatic rings. The van der Waals surface area contributed by atoms with E-state index in [0.717, 1.165) is 5.57 Å². The fourth-order valence-electron chi connectivity index (χ4n) is 1.11. The van der Waals surface area contributed by atoms with E-state index in [9.17, 15) is 10.2 Å². The molecule has 0 amide bonds. The molecule has 2 nitrogen and oxygen atoms in total. The Kier molecular flexibility index (Phi) is 1.92. The molecule has 1 rings (SSSR count). The number of aliphatic hydroxyl groups excluding tert-OH is 2. The molecular weight excluding hydrogens is 128 g/mol. The molecule has 0 heterocycles. The lowest BCUT2D eigenvalue weighted by Crippen LogP contribution is -2.27. The predicted molar refractivity (Wildman–Crippen MR) is 39.5 cm³/mol. The summed E-state index contributed by atoms with van der Waals surface area (Å²) in [5.74, 6) is 0. The second-order valence-electron chi connectivity index (χ2n) is 2.76. The molecule has 1 saturated carbocycles. The Morgan fingerprint density at radius 3 is 1.90 bits per heavy atom. The van der Waals surface area contributed by atoms with Crippen LogP contribution in [0, 0.1) is 0 Å². The van der Waals surface area contributed by atoms with Crippen molar-refractivity contribution in [3.05, 3.63) is 24.3 Å². The van der Waals surface area contributed by atoms with Gasteiger partial charge in [-0.05, 0) is 18.4 Å². The van der Waals surface area contributed by atoms with Gasteiger partial charge >= 0.3 is 0 Å². The molecule has 0 spiro atoms. The summed E-state index contributed by atoms with van der Waals surface area (Å²) in [5, 5.41) is 18.4. The van der Waals surface area contributed by atoms with E-state index in [2.05, 4.69) is 13.2 Å².